The second-order valence-corrected chi connectivity index (χ2v) is 7.17. The maximum Gasteiger partial charge on any atom is 0.234 e. The first kappa shape index (κ1) is 23.0. The molecular weight excluding hydrogens is 493 g/mol. The van der Waals surface area contributed by atoms with Crippen LogP contribution in [0.25, 0.3) is 0 Å². The van der Waals surface area contributed by atoms with Crippen LogP contribution >= 0.6 is 43.5 Å². The number of alkyl halides is 1. The summed E-state index contributed by atoms with van der Waals surface area (Å²) in [6, 6.07) is 10.3. The Labute approximate surface area is 173 Å². The van der Waals surface area contributed by atoms with Crippen LogP contribution in [-0.2, 0) is 17.6 Å². The lowest BCUT2D eigenvalue weighted by molar-refractivity contribution is -0.118. The largest absolute Gasteiger partial charge is 0.355 e. The summed E-state index contributed by atoms with van der Waals surface area (Å²) >= 11 is 11.5. The number of nitrogens with one attached hydrogen (secondary N) is 1. The Kier molecular flexibility index (Phi) is 11.0. The highest BCUT2D eigenvalue weighted by Crippen LogP contribution is 2.19. The molecule has 3 N–H and O–H groups in total. The van der Waals surface area contributed by atoms with Crippen molar-refractivity contribution in [2.45, 2.75) is 12.8 Å². The maximum atomic E-state index is 13.4. The third-order valence-corrected chi connectivity index (χ3v) is 4.78. The van der Waals surface area contributed by atoms with E-state index in [9.17, 15) is 13.6 Å². The number of nitrogens with two attached hydrogens (primary N) is 1. The van der Waals surface area contributed by atoms with E-state index in [1.807, 2.05) is 0 Å². The van der Waals surface area contributed by atoms with Crippen LogP contribution in [-0.4, -0.2) is 24.9 Å². The van der Waals surface area contributed by atoms with Crippen molar-refractivity contribution in [3.8, 4) is 0 Å². The van der Waals surface area contributed by atoms with Gasteiger partial charge in [-0.3, -0.25) is 4.79 Å². The molecule has 0 saturated heterocycles. The van der Waals surface area contributed by atoms with Gasteiger partial charge in [0.05, 0.1) is 8.95 Å². The lowest BCUT2D eigenvalue weighted by Gasteiger charge is -2.05. The van der Waals surface area contributed by atoms with Gasteiger partial charge in [0.2, 0.25) is 5.91 Å². The summed E-state index contributed by atoms with van der Waals surface area (Å²) in [6.45, 7) is 0.867. The zero-order chi connectivity index (χ0) is 19.5. The molecule has 0 bridgehead atoms. The fourth-order valence-corrected chi connectivity index (χ4v) is 2.93. The van der Waals surface area contributed by atoms with E-state index in [4.69, 9.17) is 17.3 Å². The molecule has 26 heavy (non-hydrogen) atoms. The van der Waals surface area contributed by atoms with E-state index in [0.717, 1.165) is 0 Å². The minimum atomic E-state index is -0.280. The van der Waals surface area contributed by atoms with Gasteiger partial charge < -0.3 is 11.1 Å². The predicted molar refractivity (Wildman–Crippen MR) is 108 cm³/mol. The molecule has 0 saturated carbocycles. The van der Waals surface area contributed by atoms with Crippen LogP contribution in [0.3, 0.4) is 0 Å². The fourth-order valence-electron chi connectivity index (χ4n) is 2.02. The fraction of sp³-hybridized carbons (Fsp3) is 0.278. The van der Waals surface area contributed by atoms with Crippen LogP contribution in [0, 0.1) is 11.6 Å². The van der Waals surface area contributed by atoms with Gasteiger partial charge in [0.25, 0.3) is 0 Å². The first-order valence-electron chi connectivity index (χ1n) is 7.79. The number of halogens is 5. The molecule has 0 aliphatic carbocycles. The van der Waals surface area contributed by atoms with Gasteiger partial charge in [-0.25, -0.2) is 8.78 Å². The smallest absolute Gasteiger partial charge is 0.234 e. The molecule has 2 aromatic rings. The van der Waals surface area contributed by atoms with E-state index in [1.165, 1.54) is 0 Å². The van der Waals surface area contributed by atoms with Crippen LogP contribution in [0.2, 0.25) is 0 Å². The number of amides is 1. The number of hydrogen-bond donors (Lipinski definition) is 2. The van der Waals surface area contributed by atoms with E-state index in [-0.39, 0.29) is 23.4 Å². The second-order valence-electron chi connectivity index (χ2n) is 5.20. The van der Waals surface area contributed by atoms with Gasteiger partial charge in [0.15, 0.2) is 0 Å². The predicted octanol–water partition coefficient (Wildman–Crippen LogP) is 4.58. The average Bonchev–Trinajstić information content (AvgIpc) is 2.63. The third kappa shape index (κ3) is 7.70. The van der Waals surface area contributed by atoms with E-state index >= 15 is 0 Å². The number of carbonyl (C=O) groups is 1. The SMILES string of the molecule is NCCc1cccc(Br)c1F.O=C(CCl)NCCc1cccc(Br)c1F. The molecule has 0 aliphatic rings. The molecular formula is C18H19Br2ClF2N2O. The summed E-state index contributed by atoms with van der Waals surface area (Å²) < 4.78 is 27.4. The van der Waals surface area contributed by atoms with Crippen molar-refractivity contribution in [3.63, 3.8) is 0 Å². The van der Waals surface area contributed by atoms with Gasteiger partial charge in [0.1, 0.15) is 17.5 Å². The first-order chi connectivity index (χ1) is 12.4. The van der Waals surface area contributed by atoms with Crippen molar-refractivity contribution in [1.82, 2.24) is 5.32 Å². The summed E-state index contributed by atoms with van der Waals surface area (Å²) in [6.07, 6.45) is 1.04. The summed E-state index contributed by atoms with van der Waals surface area (Å²) in [5.41, 5.74) is 6.53. The van der Waals surface area contributed by atoms with Gasteiger partial charge in [-0.05, 0) is 74.5 Å². The molecule has 0 radical (unpaired) electrons. The molecule has 0 atom stereocenters. The molecule has 8 heteroatoms. The maximum absolute atomic E-state index is 13.4. The second kappa shape index (κ2) is 12.4. The lowest BCUT2D eigenvalue weighted by atomic mass is 10.1. The highest BCUT2D eigenvalue weighted by Gasteiger charge is 2.06. The molecule has 2 aromatic carbocycles. The van der Waals surface area contributed by atoms with E-state index in [1.54, 1.807) is 36.4 Å². The molecule has 0 unspecified atom stereocenters. The summed E-state index contributed by atoms with van der Waals surface area (Å²) in [5, 5.41) is 2.57. The van der Waals surface area contributed by atoms with Gasteiger partial charge in [-0.15, -0.1) is 11.6 Å². The summed E-state index contributed by atoms with van der Waals surface area (Å²) in [5.74, 6) is -0.788. The Balaban J connectivity index is 0.000000273. The highest BCUT2D eigenvalue weighted by molar-refractivity contribution is 9.10. The van der Waals surface area contributed by atoms with Crippen LogP contribution in [0.4, 0.5) is 8.78 Å². The zero-order valence-electron chi connectivity index (χ0n) is 13.9. The first-order valence-corrected chi connectivity index (χ1v) is 9.91. The number of carbonyl (C=O) groups excluding carboxylic acids is 1. The molecule has 142 valence electrons. The Hall–Kier alpha value is -1.02. The minimum absolute atomic E-state index is 0.0685. The molecule has 3 nitrogen and oxygen atoms in total. The van der Waals surface area contributed by atoms with E-state index in [2.05, 4.69) is 37.2 Å². The van der Waals surface area contributed by atoms with Crippen LogP contribution in [0.15, 0.2) is 45.3 Å². The van der Waals surface area contributed by atoms with Gasteiger partial charge in [-0.2, -0.15) is 0 Å². The van der Waals surface area contributed by atoms with Crippen molar-refractivity contribution in [1.29, 1.82) is 0 Å². The molecule has 0 fully saturated rings. The standard InChI is InChI=1S/C10H10BrClFNO.C8H9BrFN/c11-8-3-1-2-7(10(8)13)4-5-14-9(15)6-12;9-7-3-1-2-6(4-5-11)8(7)10/h1-3H,4-6H2,(H,14,15);1-3H,4-5,11H2. The Morgan fingerprint density at radius 1 is 1.00 bits per heavy atom. The van der Waals surface area contributed by atoms with Crippen molar-refractivity contribution < 1.29 is 13.6 Å². The minimum Gasteiger partial charge on any atom is -0.355 e. The quantitative estimate of drug-likeness (QED) is 0.557. The van der Waals surface area contributed by atoms with Crippen LogP contribution in [0.5, 0.6) is 0 Å². The molecule has 1 amide bonds. The monoisotopic (exact) mass is 510 g/mol. The van der Waals surface area contributed by atoms with Gasteiger partial charge >= 0.3 is 0 Å². The highest BCUT2D eigenvalue weighted by atomic mass is 79.9. The van der Waals surface area contributed by atoms with Gasteiger partial charge in [-0.1, -0.05) is 24.3 Å². The molecule has 0 heterocycles. The summed E-state index contributed by atoms with van der Waals surface area (Å²) in [4.78, 5) is 10.8. The topological polar surface area (TPSA) is 55.1 Å². The normalized spacial score (nSPS) is 10.1. The van der Waals surface area contributed by atoms with Crippen molar-refractivity contribution >= 4 is 49.4 Å². The lowest BCUT2D eigenvalue weighted by Crippen LogP contribution is -2.26. The van der Waals surface area contributed by atoms with Crippen LogP contribution < -0.4 is 11.1 Å². The van der Waals surface area contributed by atoms with Crippen molar-refractivity contribution in [2.75, 3.05) is 19.0 Å². The third-order valence-electron chi connectivity index (χ3n) is 3.31. The Morgan fingerprint density at radius 3 is 1.96 bits per heavy atom. The molecule has 0 aromatic heterocycles. The van der Waals surface area contributed by atoms with E-state index < -0.39 is 0 Å². The number of rotatable bonds is 6. The van der Waals surface area contributed by atoms with Crippen LogP contribution in [0.1, 0.15) is 11.1 Å². The van der Waals surface area contributed by atoms with Crippen molar-refractivity contribution in [3.05, 3.63) is 68.1 Å². The average molecular weight is 513 g/mol. The van der Waals surface area contributed by atoms with Crippen molar-refractivity contribution in [2.24, 2.45) is 5.73 Å². The Morgan fingerprint density at radius 2 is 1.50 bits per heavy atom. The Bertz CT molecular complexity index is 732. The summed E-state index contributed by atoms with van der Waals surface area (Å²) in [7, 11) is 0. The number of benzene rings is 2. The zero-order valence-corrected chi connectivity index (χ0v) is 17.8. The molecule has 2 rings (SSSR count). The molecule has 0 aliphatic heterocycles. The number of hydrogen-bond acceptors (Lipinski definition) is 2. The van der Waals surface area contributed by atoms with E-state index in [0.29, 0.717) is 46.0 Å². The van der Waals surface area contributed by atoms with Gasteiger partial charge in [0, 0.05) is 6.54 Å². The molecule has 0 spiro atoms.